The molecule has 4 nitrogen and oxygen atoms in total. The minimum absolute atomic E-state index is 0.332. The Morgan fingerprint density at radius 1 is 0.857 bits per heavy atom. The Bertz CT molecular complexity index is 912. The Balaban J connectivity index is 1.78. The molecule has 0 heterocycles. The molecule has 2 atom stereocenters. The van der Waals surface area contributed by atoms with Gasteiger partial charge >= 0.3 is 0 Å². The van der Waals surface area contributed by atoms with Gasteiger partial charge in [-0.3, -0.25) is 0 Å². The van der Waals surface area contributed by atoms with Crippen LogP contribution in [0.1, 0.15) is 17.2 Å². The van der Waals surface area contributed by atoms with Crippen molar-refractivity contribution in [3.63, 3.8) is 0 Å². The first-order valence-electron chi connectivity index (χ1n) is 9.10. The second-order valence-electron chi connectivity index (χ2n) is 6.58. The van der Waals surface area contributed by atoms with E-state index in [0.717, 1.165) is 10.9 Å². The summed E-state index contributed by atoms with van der Waals surface area (Å²) in [5, 5.41) is 2.32. The highest BCUT2D eigenvalue weighted by atomic mass is 19.1. The van der Waals surface area contributed by atoms with Crippen molar-refractivity contribution in [3.8, 4) is 5.75 Å². The summed E-state index contributed by atoms with van der Waals surface area (Å²) in [6.07, 6.45) is -0.825. The molecule has 0 saturated heterocycles. The molecular weight excluding hydrogens is 359 g/mol. The van der Waals surface area contributed by atoms with Gasteiger partial charge in [-0.2, -0.15) is 0 Å². The fraction of sp³-hybridized carbons (Fsp3) is 0.304. The molecule has 148 valence electrons. The van der Waals surface area contributed by atoms with Gasteiger partial charge in [0.25, 0.3) is 0 Å². The van der Waals surface area contributed by atoms with E-state index in [0.29, 0.717) is 24.5 Å². The SMILES string of the molecule is COC[C@@H](OC)[C@@H](OC)c1cc(F)cc(OCc2ccc3ccccc3c2)c1. The van der Waals surface area contributed by atoms with E-state index in [1.165, 1.54) is 17.5 Å². The molecule has 5 heteroatoms. The number of hydrogen-bond donors (Lipinski definition) is 0. The summed E-state index contributed by atoms with van der Waals surface area (Å²) >= 11 is 0. The topological polar surface area (TPSA) is 36.9 Å². The zero-order chi connectivity index (χ0) is 19.9. The lowest BCUT2D eigenvalue weighted by atomic mass is 10.0. The molecule has 3 aromatic rings. The molecule has 3 aromatic carbocycles. The molecule has 0 bridgehead atoms. The molecule has 0 spiro atoms. The van der Waals surface area contributed by atoms with E-state index < -0.39 is 6.10 Å². The molecule has 0 saturated carbocycles. The molecule has 0 unspecified atom stereocenters. The Morgan fingerprint density at radius 3 is 2.36 bits per heavy atom. The minimum Gasteiger partial charge on any atom is -0.489 e. The zero-order valence-corrected chi connectivity index (χ0v) is 16.4. The van der Waals surface area contributed by atoms with Crippen LogP contribution in [0.3, 0.4) is 0 Å². The average Bonchev–Trinajstić information content (AvgIpc) is 2.71. The van der Waals surface area contributed by atoms with Crippen LogP contribution in [0, 0.1) is 5.82 Å². The third-order valence-corrected chi connectivity index (χ3v) is 4.67. The van der Waals surface area contributed by atoms with Crippen molar-refractivity contribution < 1.29 is 23.3 Å². The fourth-order valence-electron chi connectivity index (χ4n) is 3.27. The Labute approximate surface area is 164 Å². The monoisotopic (exact) mass is 384 g/mol. The largest absolute Gasteiger partial charge is 0.489 e. The van der Waals surface area contributed by atoms with Crippen LogP contribution < -0.4 is 4.74 Å². The lowest BCUT2D eigenvalue weighted by Gasteiger charge is -2.25. The van der Waals surface area contributed by atoms with Gasteiger partial charge < -0.3 is 18.9 Å². The molecular formula is C23H25FO4. The Kier molecular flexibility index (Phi) is 6.98. The molecule has 0 aliphatic heterocycles. The van der Waals surface area contributed by atoms with Crippen molar-refractivity contribution >= 4 is 10.8 Å². The second kappa shape index (κ2) is 9.64. The van der Waals surface area contributed by atoms with E-state index in [4.69, 9.17) is 18.9 Å². The standard InChI is InChI=1S/C23H25FO4/c1-25-15-22(26-2)23(27-3)19-11-20(24)13-21(12-19)28-14-16-8-9-17-6-4-5-7-18(17)10-16/h4-13,22-23H,14-15H2,1-3H3/t22-,23+/m1/s1. The quantitative estimate of drug-likeness (QED) is 0.525. The third-order valence-electron chi connectivity index (χ3n) is 4.67. The van der Waals surface area contributed by atoms with Crippen LogP contribution in [0.2, 0.25) is 0 Å². The maximum absolute atomic E-state index is 14.2. The highest BCUT2D eigenvalue weighted by Gasteiger charge is 2.24. The second-order valence-corrected chi connectivity index (χ2v) is 6.58. The number of benzene rings is 3. The van der Waals surface area contributed by atoms with Gasteiger partial charge in [0.2, 0.25) is 0 Å². The Morgan fingerprint density at radius 2 is 1.64 bits per heavy atom. The van der Waals surface area contributed by atoms with Gasteiger partial charge in [0.15, 0.2) is 0 Å². The minimum atomic E-state index is -0.469. The summed E-state index contributed by atoms with van der Waals surface area (Å²) in [5.41, 5.74) is 1.65. The van der Waals surface area contributed by atoms with Crippen LogP contribution in [-0.4, -0.2) is 34.0 Å². The zero-order valence-electron chi connectivity index (χ0n) is 16.4. The number of hydrogen-bond acceptors (Lipinski definition) is 4. The van der Waals surface area contributed by atoms with E-state index in [1.807, 2.05) is 18.2 Å². The Hall–Kier alpha value is -2.47. The highest BCUT2D eigenvalue weighted by molar-refractivity contribution is 5.82. The number of rotatable bonds is 9. The first-order chi connectivity index (χ1) is 13.6. The van der Waals surface area contributed by atoms with E-state index in [9.17, 15) is 4.39 Å². The van der Waals surface area contributed by atoms with Crippen molar-refractivity contribution in [3.05, 3.63) is 77.6 Å². The van der Waals surface area contributed by atoms with Crippen molar-refractivity contribution in [1.82, 2.24) is 0 Å². The van der Waals surface area contributed by atoms with Gasteiger partial charge in [0.05, 0.1) is 6.61 Å². The maximum Gasteiger partial charge on any atom is 0.127 e. The van der Waals surface area contributed by atoms with E-state index in [2.05, 4.69) is 24.3 Å². The van der Waals surface area contributed by atoms with Crippen molar-refractivity contribution in [2.24, 2.45) is 0 Å². The summed E-state index contributed by atoms with van der Waals surface area (Å²) in [4.78, 5) is 0. The van der Waals surface area contributed by atoms with Gasteiger partial charge in [0, 0.05) is 27.4 Å². The first kappa shape index (κ1) is 20.3. The summed E-state index contributed by atoms with van der Waals surface area (Å²) in [5.74, 6) is 0.0535. The van der Waals surface area contributed by atoms with Crippen LogP contribution in [0.4, 0.5) is 4.39 Å². The van der Waals surface area contributed by atoms with E-state index >= 15 is 0 Å². The van der Waals surface area contributed by atoms with E-state index in [1.54, 1.807) is 27.4 Å². The highest BCUT2D eigenvalue weighted by Crippen LogP contribution is 2.28. The number of methoxy groups -OCH3 is 3. The predicted molar refractivity (Wildman–Crippen MR) is 107 cm³/mol. The lowest BCUT2D eigenvalue weighted by Crippen LogP contribution is -2.27. The molecule has 0 N–H and O–H groups in total. The summed E-state index contributed by atoms with van der Waals surface area (Å²) in [7, 11) is 4.72. The van der Waals surface area contributed by atoms with Gasteiger partial charge in [-0.1, -0.05) is 36.4 Å². The number of fused-ring (bicyclic) bond motifs is 1. The maximum atomic E-state index is 14.2. The summed E-state index contributed by atoms with van der Waals surface area (Å²) in [6, 6.07) is 18.9. The molecule has 3 rings (SSSR count). The van der Waals surface area contributed by atoms with Gasteiger partial charge in [-0.05, 0) is 40.1 Å². The molecule has 0 radical (unpaired) electrons. The number of ether oxygens (including phenoxy) is 4. The van der Waals surface area contributed by atoms with Crippen LogP contribution in [0.15, 0.2) is 60.7 Å². The van der Waals surface area contributed by atoms with Crippen molar-refractivity contribution in [2.45, 2.75) is 18.8 Å². The van der Waals surface area contributed by atoms with Crippen LogP contribution in [0.25, 0.3) is 10.8 Å². The predicted octanol–water partition coefficient (Wildman–Crippen LogP) is 4.91. The molecule has 0 aliphatic carbocycles. The number of halogens is 1. The molecule has 28 heavy (non-hydrogen) atoms. The van der Waals surface area contributed by atoms with Crippen molar-refractivity contribution in [1.29, 1.82) is 0 Å². The van der Waals surface area contributed by atoms with E-state index in [-0.39, 0.29) is 11.9 Å². The fourth-order valence-corrected chi connectivity index (χ4v) is 3.27. The molecule has 0 fully saturated rings. The van der Waals surface area contributed by atoms with Gasteiger partial charge in [0.1, 0.15) is 30.4 Å². The first-order valence-corrected chi connectivity index (χ1v) is 9.10. The molecule has 0 aliphatic rings. The lowest BCUT2D eigenvalue weighted by molar-refractivity contribution is -0.0698. The van der Waals surface area contributed by atoms with Crippen molar-refractivity contribution in [2.75, 3.05) is 27.9 Å². The van der Waals surface area contributed by atoms with Crippen LogP contribution in [-0.2, 0) is 20.8 Å². The average molecular weight is 384 g/mol. The third kappa shape index (κ3) is 4.87. The van der Waals surface area contributed by atoms with Gasteiger partial charge in [-0.25, -0.2) is 4.39 Å². The summed E-state index contributed by atoms with van der Waals surface area (Å²) < 4.78 is 36.2. The van der Waals surface area contributed by atoms with Crippen LogP contribution >= 0.6 is 0 Å². The van der Waals surface area contributed by atoms with Crippen LogP contribution in [0.5, 0.6) is 5.75 Å². The summed E-state index contributed by atoms with van der Waals surface area (Å²) in [6.45, 7) is 0.677. The normalized spacial score (nSPS) is 13.4. The smallest absolute Gasteiger partial charge is 0.127 e. The molecule has 0 amide bonds. The van der Waals surface area contributed by atoms with Gasteiger partial charge in [-0.15, -0.1) is 0 Å². The molecule has 0 aromatic heterocycles.